The predicted octanol–water partition coefficient (Wildman–Crippen LogP) is 15.6. The number of aromatic nitrogens is 2. The van der Waals surface area contributed by atoms with Crippen LogP contribution in [0.25, 0.3) is 55.0 Å². The predicted molar refractivity (Wildman–Crippen MR) is 232 cm³/mol. The van der Waals surface area contributed by atoms with Crippen molar-refractivity contribution in [3.05, 3.63) is 157 Å². The van der Waals surface area contributed by atoms with Gasteiger partial charge in [0.25, 0.3) is 0 Å². The van der Waals surface area contributed by atoms with Gasteiger partial charge in [-0.15, -0.1) is 0 Å². The molecule has 0 fully saturated rings. The number of rotatable bonds is 4. The van der Waals surface area contributed by atoms with E-state index in [1.807, 2.05) is 83.1 Å². The smallest absolute Gasteiger partial charge is 0.0541 e. The zero-order valence-electron chi connectivity index (χ0n) is 33.5. The van der Waals surface area contributed by atoms with Crippen LogP contribution in [0.2, 0.25) is 0 Å². The Morgan fingerprint density at radius 2 is 0.490 bits per heavy atom. The van der Waals surface area contributed by atoms with E-state index in [9.17, 15) is 0 Å². The van der Waals surface area contributed by atoms with Crippen LogP contribution in [0.3, 0.4) is 0 Å². The minimum Gasteiger partial charge on any atom is -0.309 e. The summed E-state index contributed by atoms with van der Waals surface area (Å²) in [6, 6.07) is 52.7. The van der Waals surface area contributed by atoms with Crippen molar-refractivity contribution in [2.24, 2.45) is 0 Å². The van der Waals surface area contributed by atoms with E-state index < -0.39 is 0 Å². The van der Waals surface area contributed by atoms with Crippen LogP contribution in [0, 0.1) is 0 Å². The molecule has 0 aliphatic carbocycles. The molecule has 0 amide bonds. The number of hydrogen-bond acceptors (Lipinski definition) is 0. The van der Waals surface area contributed by atoms with Crippen molar-refractivity contribution in [1.82, 2.24) is 9.13 Å². The molecule has 0 atom stereocenters. The topological polar surface area (TPSA) is 9.86 Å². The lowest BCUT2D eigenvalue weighted by atomic mass is 10.0. The minimum absolute atomic E-state index is 0.904. The Morgan fingerprint density at radius 3 is 0.725 bits per heavy atom. The molecule has 0 aliphatic heterocycles. The fourth-order valence-electron chi connectivity index (χ4n) is 6.16. The van der Waals surface area contributed by atoms with Crippen LogP contribution in [0.4, 0.5) is 0 Å². The van der Waals surface area contributed by atoms with E-state index >= 15 is 0 Å². The van der Waals surface area contributed by atoms with Crippen LogP contribution in [0.1, 0.15) is 94.2 Å². The lowest BCUT2D eigenvalue weighted by molar-refractivity contribution is 1.13. The number of benzene rings is 6. The van der Waals surface area contributed by atoms with Gasteiger partial charge in [-0.1, -0.05) is 180 Å². The number of nitrogens with zero attached hydrogens (tertiary/aromatic N) is 2. The van der Waals surface area contributed by atoms with E-state index in [0.717, 1.165) is 6.42 Å². The quantitative estimate of drug-likeness (QED) is 0.175. The first-order chi connectivity index (χ1) is 25.3. The number of para-hydroxylation sites is 4. The minimum atomic E-state index is 0.904. The number of fused-ring (bicyclic) bond motifs is 6. The third kappa shape index (κ3) is 9.18. The molecular weight excluding hydrogens is 617 g/mol. The molecule has 0 aliphatic rings. The van der Waals surface area contributed by atoms with E-state index in [1.54, 1.807) is 0 Å². The lowest BCUT2D eigenvalue weighted by Gasteiger charge is -2.11. The Bertz CT molecular complexity index is 1860. The van der Waals surface area contributed by atoms with Crippen molar-refractivity contribution < 1.29 is 0 Å². The molecule has 0 N–H and O–H groups in total. The molecule has 0 spiro atoms. The standard InChI is InChI=1S/C37H26N2.6C2H6/c1-5-13-34-30(9-1)31-10-2-6-14-35(31)38(34)28-21-17-26(18-22-28)25-27-19-23-29(24-20-27)39-36-15-7-3-11-32(36)33-12-4-8-16-37(33)39;6*1-2/h1-24H,25H2;6*1-2H3. The Kier molecular flexibility index (Phi) is 18.7. The molecule has 0 bridgehead atoms. The summed E-state index contributed by atoms with van der Waals surface area (Å²) in [4.78, 5) is 0. The van der Waals surface area contributed by atoms with Crippen LogP contribution in [0.15, 0.2) is 146 Å². The SMILES string of the molecule is CC.CC.CC.CC.CC.CC.c1ccc2c(c1)c1ccccc1n2-c1ccc(Cc2ccc(-n3c4ccccc4c4ccccc43)cc2)cc1. The van der Waals surface area contributed by atoms with Crippen LogP contribution >= 0.6 is 0 Å². The van der Waals surface area contributed by atoms with Crippen LogP contribution < -0.4 is 0 Å². The summed E-state index contributed by atoms with van der Waals surface area (Å²) in [5, 5.41) is 5.17. The molecule has 2 heteroatoms. The van der Waals surface area contributed by atoms with Crippen molar-refractivity contribution >= 4 is 43.6 Å². The van der Waals surface area contributed by atoms with Gasteiger partial charge in [0.1, 0.15) is 0 Å². The molecule has 0 saturated heterocycles. The molecule has 0 radical (unpaired) electrons. The monoisotopic (exact) mass is 678 g/mol. The Morgan fingerprint density at radius 1 is 0.275 bits per heavy atom. The average molecular weight is 679 g/mol. The first-order valence-electron chi connectivity index (χ1n) is 19.5. The lowest BCUT2D eigenvalue weighted by Crippen LogP contribution is -1.96. The fourth-order valence-corrected chi connectivity index (χ4v) is 6.16. The van der Waals surface area contributed by atoms with Crippen LogP contribution in [-0.4, -0.2) is 9.13 Å². The maximum atomic E-state index is 2.37. The summed E-state index contributed by atoms with van der Waals surface area (Å²) in [5.41, 5.74) is 9.97. The Hall–Kier alpha value is -5.08. The van der Waals surface area contributed by atoms with Crippen LogP contribution in [-0.2, 0) is 6.42 Å². The van der Waals surface area contributed by atoms with Crippen molar-refractivity contribution in [2.45, 2.75) is 89.5 Å². The van der Waals surface area contributed by atoms with E-state index in [4.69, 9.17) is 0 Å². The van der Waals surface area contributed by atoms with E-state index in [-0.39, 0.29) is 0 Å². The van der Waals surface area contributed by atoms with Gasteiger partial charge in [0.05, 0.1) is 22.1 Å². The van der Waals surface area contributed by atoms with E-state index in [1.165, 1.54) is 66.1 Å². The van der Waals surface area contributed by atoms with Gasteiger partial charge in [-0.2, -0.15) is 0 Å². The summed E-state index contributed by atoms with van der Waals surface area (Å²) in [7, 11) is 0. The Labute approximate surface area is 309 Å². The second-order valence-corrected chi connectivity index (χ2v) is 10.2. The van der Waals surface area contributed by atoms with Crippen LogP contribution in [0.5, 0.6) is 0 Å². The Balaban J connectivity index is 0.000000686. The molecule has 6 aromatic carbocycles. The summed E-state index contributed by atoms with van der Waals surface area (Å²) < 4.78 is 4.74. The van der Waals surface area contributed by atoms with Gasteiger partial charge in [0, 0.05) is 32.9 Å². The molecule has 8 rings (SSSR count). The molecule has 2 aromatic heterocycles. The highest BCUT2D eigenvalue weighted by Crippen LogP contribution is 2.33. The van der Waals surface area contributed by atoms with Gasteiger partial charge < -0.3 is 9.13 Å². The zero-order valence-corrected chi connectivity index (χ0v) is 33.5. The second-order valence-electron chi connectivity index (χ2n) is 10.2. The highest BCUT2D eigenvalue weighted by atomic mass is 15.0. The normalized spacial score (nSPS) is 9.65. The van der Waals surface area contributed by atoms with Crippen molar-refractivity contribution in [1.29, 1.82) is 0 Å². The van der Waals surface area contributed by atoms with Gasteiger partial charge in [0.15, 0.2) is 0 Å². The highest BCUT2D eigenvalue weighted by Gasteiger charge is 2.13. The maximum absolute atomic E-state index is 2.37. The van der Waals surface area contributed by atoms with Gasteiger partial charge in [-0.05, 0) is 66.1 Å². The summed E-state index contributed by atoms with van der Waals surface area (Å²) in [6.07, 6.45) is 0.904. The summed E-state index contributed by atoms with van der Waals surface area (Å²) in [6.45, 7) is 24.0. The zero-order chi connectivity index (χ0) is 37.8. The van der Waals surface area contributed by atoms with Gasteiger partial charge in [-0.3, -0.25) is 0 Å². The van der Waals surface area contributed by atoms with Crippen molar-refractivity contribution in [3.63, 3.8) is 0 Å². The molecule has 0 unspecified atom stereocenters. The number of hydrogen-bond donors (Lipinski definition) is 0. The van der Waals surface area contributed by atoms with Crippen molar-refractivity contribution in [2.75, 3.05) is 0 Å². The third-order valence-electron chi connectivity index (χ3n) is 7.96. The first kappa shape index (κ1) is 42.1. The molecule has 0 saturated carbocycles. The summed E-state index contributed by atoms with van der Waals surface area (Å²) >= 11 is 0. The largest absolute Gasteiger partial charge is 0.309 e. The third-order valence-corrected chi connectivity index (χ3v) is 7.96. The van der Waals surface area contributed by atoms with E-state index in [0.29, 0.717) is 0 Å². The molecule has 2 heterocycles. The molecule has 268 valence electrons. The highest BCUT2D eigenvalue weighted by molar-refractivity contribution is 6.10. The molecule has 51 heavy (non-hydrogen) atoms. The maximum Gasteiger partial charge on any atom is 0.0541 e. The van der Waals surface area contributed by atoms with Crippen molar-refractivity contribution in [3.8, 4) is 11.4 Å². The van der Waals surface area contributed by atoms with E-state index in [2.05, 4.69) is 155 Å². The first-order valence-corrected chi connectivity index (χ1v) is 19.5. The fraction of sp³-hybridized carbons (Fsp3) is 0.265. The van der Waals surface area contributed by atoms with Gasteiger partial charge >= 0.3 is 0 Å². The molecule has 2 nitrogen and oxygen atoms in total. The molecule has 8 aromatic rings. The molecular formula is C49H62N2. The summed E-state index contributed by atoms with van der Waals surface area (Å²) in [5.74, 6) is 0. The van der Waals surface area contributed by atoms with Gasteiger partial charge in [-0.25, -0.2) is 0 Å². The second kappa shape index (κ2) is 22.6. The van der Waals surface area contributed by atoms with Gasteiger partial charge in [0.2, 0.25) is 0 Å². The average Bonchev–Trinajstić information content (AvgIpc) is 3.76.